The number of benzene rings is 1. The Morgan fingerprint density at radius 1 is 1.21 bits per heavy atom. The fourth-order valence-electron chi connectivity index (χ4n) is 2.31. The molecular weight excluding hydrogens is 306 g/mol. The van der Waals surface area contributed by atoms with Gasteiger partial charge < -0.3 is 14.8 Å². The molecule has 1 heterocycles. The van der Waals surface area contributed by atoms with E-state index >= 15 is 0 Å². The summed E-state index contributed by atoms with van der Waals surface area (Å²) in [6, 6.07) is 5.36. The molecular formula is C18H23N3O3. The monoisotopic (exact) mass is 329 g/mol. The van der Waals surface area contributed by atoms with Gasteiger partial charge in [0.05, 0.1) is 30.2 Å². The molecule has 0 aliphatic heterocycles. The maximum atomic E-state index is 12.7. The van der Waals surface area contributed by atoms with E-state index in [1.54, 1.807) is 12.1 Å². The van der Waals surface area contributed by atoms with Gasteiger partial charge in [-0.2, -0.15) is 0 Å². The molecule has 24 heavy (non-hydrogen) atoms. The molecule has 0 atom stereocenters. The molecule has 1 aromatic carbocycles. The van der Waals surface area contributed by atoms with Crippen molar-refractivity contribution in [2.45, 2.75) is 33.6 Å². The number of carbonyl (C=O) groups is 1. The van der Waals surface area contributed by atoms with E-state index in [4.69, 9.17) is 9.47 Å². The van der Waals surface area contributed by atoms with Gasteiger partial charge in [-0.05, 0) is 31.9 Å². The summed E-state index contributed by atoms with van der Waals surface area (Å²) in [7, 11) is 0. The minimum atomic E-state index is -0.270. The molecule has 1 amide bonds. The number of carbonyl (C=O) groups excluding carboxylic acids is 1. The molecule has 2 rings (SSSR count). The molecule has 1 aromatic heterocycles. The first-order chi connectivity index (χ1) is 11.6. The summed E-state index contributed by atoms with van der Waals surface area (Å²) in [6.45, 7) is 8.82. The zero-order valence-corrected chi connectivity index (χ0v) is 14.5. The highest BCUT2D eigenvalue weighted by atomic mass is 16.5. The van der Waals surface area contributed by atoms with Crippen LogP contribution in [-0.2, 0) is 0 Å². The van der Waals surface area contributed by atoms with Crippen molar-refractivity contribution in [1.29, 1.82) is 0 Å². The van der Waals surface area contributed by atoms with Gasteiger partial charge in [-0.3, -0.25) is 4.79 Å². The molecule has 2 aromatic rings. The molecule has 6 heteroatoms. The second kappa shape index (κ2) is 8.29. The van der Waals surface area contributed by atoms with Gasteiger partial charge >= 0.3 is 0 Å². The van der Waals surface area contributed by atoms with E-state index in [2.05, 4.69) is 15.3 Å². The Hall–Kier alpha value is -2.63. The van der Waals surface area contributed by atoms with Gasteiger partial charge in [0, 0.05) is 12.3 Å². The molecule has 1 N–H and O–H groups in total. The SMILES string of the molecule is CCOc1ccc(OCC)c(NC(=O)c2cncnc2C(C)C)c1. The van der Waals surface area contributed by atoms with Crippen molar-refractivity contribution >= 4 is 11.6 Å². The lowest BCUT2D eigenvalue weighted by molar-refractivity contribution is 0.102. The van der Waals surface area contributed by atoms with Crippen molar-refractivity contribution < 1.29 is 14.3 Å². The highest BCUT2D eigenvalue weighted by Crippen LogP contribution is 2.30. The third kappa shape index (κ3) is 4.22. The first kappa shape index (κ1) is 17.7. The normalized spacial score (nSPS) is 10.5. The predicted octanol–water partition coefficient (Wildman–Crippen LogP) is 3.65. The predicted molar refractivity (Wildman–Crippen MR) is 92.9 cm³/mol. The fourth-order valence-corrected chi connectivity index (χ4v) is 2.31. The van der Waals surface area contributed by atoms with E-state index in [9.17, 15) is 4.79 Å². The van der Waals surface area contributed by atoms with Crippen LogP contribution in [-0.4, -0.2) is 29.1 Å². The van der Waals surface area contributed by atoms with Gasteiger partial charge in [0.2, 0.25) is 0 Å². The van der Waals surface area contributed by atoms with Crippen LogP contribution < -0.4 is 14.8 Å². The summed E-state index contributed by atoms with van der Waals surface area (Å²) in [5, 5.41) is 2.88. The summed E-state index contributed by atoms with van der Waals surface area (Å²) in [5.41, 5.74) is 1.73. The zero-order chi connectivity index (χ0) is 17.5. The molecule has 0 unspecified atom stereocenters. The van der Waals surface area contributed by atoms with Gasteiger partial charge in [-0.1, -0.05) is 13.8 Å². The minimum absolute atomic E-state index is 0.120. The van der Waals surface area contributed by atoms with E-state index < -0.39 is 0 Å². The molecule has 0 aliphatic rings. The van der Waals surface area contributed by atoms with Crippen LogP contribution in [0, 0.1) is 0 Å². The number of hydrogen-bond acceptors (Lipinski definition) is 5. The highest BCUT2D eigenvalue weighted by molar-refractivity contribution is 6.05. The lowest BCUT2D eigenvalue weighted by Crippen LogP contribution is -2.17. The maximum absolute atomic E-state index is 12.7. The van der Waals surface area contributed by atoms with Gasteiger partial charge in [0.1, 0.15) is 17.8 Å². The third-order valence-corrected chi connectivity index (χ3v) is 3.34. The Morgan fingerprint density at radius 2 is 1.96 bits per heavy atom. The molecule has 0 aliphatic carbocycles. The molecule has 0 fully saturated rings. The standard InChI is InChI=1S/C18H23N3O3/c1-5-23-13-7-8-16(24-6-2)15(9-13)21-18(22)14-10-19-11-20-17(14)12(3)4/h7-12H,5-6H2,1-4H3,(H,21,22). The van der Waals surface area contributed by atoms with Crippen LogP contribution in [0.2, 0.25) is 0 Å². The number of nitrogens with one attached hydrogen (secondary N) is 1. The Labute approximate surface area is 142 Å². The molecule has 6 nitrogen and oxygen atoms in total. The molecule has 128 valence electrons. The number of aromatic nitrogens is 2. The fraction of sp³-hybridized carbons (Fsp3) is 0.389. The van der Waals surface area contributed by atoms with Crippen molar-refractivity contribution in [3.8, 4) is 11.5 Å². The number of anilines is 1. The Balaban J connectivity index is 2.32. The van der Waals surface area contributed by atoms with Crippen molar-refractivity contribution in [2.75, 3.05) is 18.5 Å². The summed E-state index contributed by atoms with van der Waals surface area (Å²) in [6.07, 6.45) is 2.98. The van der Waals surface area contributed by atoms with Gasteiger partial charge in [0.15, 0.2) is 0 Å². The first-order valence-corrected chi connectivity index (χ1v) is 8.07. The van der Waals surface area contributed by atoms with Crippen LogP contribution in [0.4, 0.5) is 5.69 Å². The first-order valence-electron chi connectivity index (χ1n) is 8.07. The van der Waals surface area contributed by atoms with Crippen LogP contribution in [0.1, 0.15) is 49.7 Å². The second-order valence-electron chi connectivity index (χ2n) is 5.45. The van der Waals surface area contributed by atoms with Crippen LogP contribution in [0.3, 0.4) is 0 Å². The maximum Gasteiger partial charge on any atom is 0.259 e. The lowest BCUT2D eigenvalue weighted by Gasteiger charge is -2.15. The Kier molecular flexibility index (Phi) is 6.12. The Bertz CT molecular complexity index is 702. The molecule has 0 spiro atoms. The van der Waals surface area contributed by atoms with Gasteiger partial charge in [-0.25, -0.2) is 9.97 Å². The highest BCUT2D eigenvalue weighted by Gasteiger charge is 2.17. The number of rotatable bonds is 7. The molecule has 0 saturated heterocycles. The summed E-state index contributed by atoms with van der Waals surface area (Å²) in [4.78, 5) is 20.9. The number of amides is 1. The minimum Gasteiger partial charge on any atom is -0.494 e. The van der Waals surface area contributed by atoms with Crippen molar-refractivity contribution in [2.24, 2.45) is 0 Å². The van der Waals surface area contributed by atoms with E-state index in [-0.39, 0.29) is 11.8 Å². The summed E-state index contributed by atoms with van der Waals surface area (Å²) < 4.78 is 11.1. The van der Waals surface area contributed by atoms with Crippen molar-refractivity contribution in [3.63, 3.8) is 0 Å². The number of nitrogens with zero attached hydrogens (tertiary/aromatic N) is 2. The largest absolute Gasteiger partial charge is 0.494 e. The quantitative estimate of drug-likeness (QED) is 0.839. The molecule has 0 saturated carbocycles. The molecule has 0 bridgehead atoms. The van der Waals surface area contributed by atoms with E-state index in [0.29, 0.717) is 41.7 Å². The number of hydrogen-bond donors (Lipinski definition) is 1. The van der Waals surface area contributed by atoms with Crippen molar-refractivity contribution in [1.82, 2.24) is 9.97 Å². The summed E-state index contributed by atoms with van der Waals surface area (Å²) >= 11 is 0. The van der Waals surface area contributed by atoms with Crippen molar-refractivity contribution in [3.05, 3.63) is 42.0 Å². The lowest BCUT2D eigenvalue weighted by atomic mass is 10.0. The van der Waals surface area contributed by atoms with Gasteiger partial charge in [-0.15, -0.1) is 0 Å². The van der Waals surface area contributed by atoms with E-state index in [0.717, 1.165) is 0 Å². The van der Waals surface area contributed by atoms with Crippen LogP contribution in [0.5, 0.6) is 11.5 Å². The number of ether oxygens (including phenoxy) is 2. The van der Waals surface area contributed by atoms with E-state index in [1.807, 2.05) is 33.8 Å². The van der Waals surface area contributed by atoms with Gasteiger partial charge in [0.25, 0.3) is 5.91 Å². The third-order valence-electron chi connectivity index (χ3n) is 3.34. The van der Waals surface area contributed by atoms with Crippen LogP contribution >= 0.6 is 0 Å². The van der Waals surface area contributed by atoms with Crippen LogP contribution in [0.15, 0.2) is 30.7 Å². The second-order valence-corrected chi connectivity index (χ2v) is 5.45. The van der Waals surface area contributed by atoms with E-state index in [1.165, 1.54) is 12.5 Å². The molecule has 0 radical (unpaired) electrons. The zero-order valence-electron chi connectivity index (χ0n) is 14.5. The topological polar surface area (TPSA) is 73.3 Å². The smallest absolute Gasteiger partial charge is 0.259 e. The summed E-state index contributed by atoms with van der Waals surface area (Å²) in [5.74, 6) is 1.12. The average molecular weight is 329 g/mol. The Morgan fingerprint density at radius 3 is 2.62 bits per heavy atom. The van der Waals surface area contributed by atoms with Crippen LogP contribution in [0.25, 0.3) is 0 Å². The average Bonchev–Trinajstić information content (AvgIpc) is 2.57.